The van der Waals surface area contributed by atoms with Crippen LogP contribution in [0.25, 0.3) is 11.1 Å². The number of hydrogen-bond acceptors (Lipinski definition) is 5. The number of hydrogen-bond donors (Lipinski definition) is 1. The van der Waals surface area contributed by atoms with Crippen molar-refractivity contribution in [1.82, 2.24) is 5.32 Å². The van der Waals surface area contributed by atoms with Crippen LogP contribution >= 0.6 is 0 Å². The smallest absolute Gasteiger partial charge is 0.217 e. The van der Waals surface area contributed by atoms with Crippen LogP contribution < -0.4 is 25.0 Å². The van der Waals surface area contributed by atoms with Crippen LogP contribution in [0.2, 0.25) is 0 Å². The second-order valence-electron chi connectivity index (χ2n) is 8.31. The van der Waals surface area contributed by atoms with Gasteiger partial charge < -0.3 is 19.5 Å². The van der Waals surface area contributed by atoms with Crippen LogP contribution in [0.5, 0.6) is 17.2 Å². The van der Waals surface area contributed by atoms with Crippen molar-refractivity contribution in [2.24, 2.45) is 5.92 Å². The van der Waals surface area contributed by atoms with Crippen LogP contribution in [0.1, 0.15) is 49.9 Å². The molecule has 0 fully saturated rings. The van der Waals surface area contributed by atoms with Crippen molar-refractivity contribution in [2.75, 3.05) is 21.3 Å². The minimum absolute atomic E-state index is 0.0202. The molecular formula is C25H31NO5. The zero-order valence-electron chi connectivity index (χ0n) is 19.1. The van der Waals surface area contributed by atoms with Crippen LogP contribution in [0, 0.1) is 5.92 Å². The van der Waals surface area contributed by atoms with Gasteiger partial charge in [0.25, 0.3) is 0 Å². The summed E-state index contributed by atoms with van der Waals surface area (Å²) >= 11 is 0. The number of rotatable bonds is 6. The minimum Gasteiger partial charge on any atom is -0.493 e. The predicted molar refractivity (Wildman–Crippen MR) is 121 cm³/mol. The van der Waals surface area contributed by atoms with Crippen LogP contribution in [0.4, 0.5) is 0 Å². The van der Waals surface area contributed by atoms with Gasteiger partial charge in [-0.2, -0.15) is 0 Å². The molecule has 1 aliphatic rings. The summed E-state index contributed by atoms with van der Waals surface area (Å²) in [4.78, 5) is 25.0. The highest BCUT2D eigenvalue weighted by molar-refractivity contribution is 5.83. The largest absolute Gasteiger partial charge is 0.493 e. The summed E-state index contributed by atoms with van der Waals surface area (Å²) in [5.74, 6) is 1.87. The van der Waals surface area contributed by atoms with E-state index in [-0.39, 0.29) is 17.4 Å². The van der Waals surface area contributed by atoms with E-state index in [0.717, 1.165) is 27.8 Å². The Bertz CT molecular complexity index is 1040. The number of methoxy groups -OCH3 is 3. The van der Waals surface area contributed by atoms with Gasteiger partial charge in [-0.1, -0.05) is 26.0 Å². The highest BCUT2D eigenvalue weighted by atomic mass is 16.5. The van der Waals surface area contributed by atoms with Crippen molar-refractivity contribution in [3.63, 3.8) is 0 Å². The van der Waals surface area contributed by atoms with Crippen molar-refractivity contribution in [1.29, 1.82) is 0 Å². The Morgan fingerprint density at radius 1 is 1.10 bits per heavy atom. The van der Waals surface area contributed by atoms with Crippen LogP contribution in [-0.2, 0) is 17.6 Å². The third-order valence-electron chi connectivity index (χ3n) is 5.63. The van der Waals surface area contributed by atoms with E-state index in [4.69, 9.17) is 14.2 Å². The average Bonchev–Trinajstić information content (AvgIpc) is 2.96. The van der Waals surface area contributed by atoms with Crippen molar-refractivity contribution in [2.45, 2.75) is 46.1 Å². The SMILES string of the molecule is COc1cc2c(c(OC)c1OC)-c1ccc(CC(C)C)c(=O)cc1[C@@H](NC(C)=O)CC2. The molecule has 166 valence electrons. The Morgan fingerprint density at radius 3 is 2.39 bits per heavy atom. The number of ether oxygens (including phenoxy) is 3. The highest BCUT2D eigenvalue weighted by Crippen LogP contribution is 2.50. The molecule has 0 unspecified atom stereocenters. The molecule has 0 aromatic heterocycles. The number of aryl methyl sites for hydroxylation is 1. The molecule has 6 nitrogen and oxygen atoms in total. The Balaban J connectivity index is 2.38. The molecule has 0 aliphatic heterocycles. The van der Waals surface area contributed by atoms with Gasteiger partial charge in [-0.3, -0.25) is 9.59 Å². The number of carbonyl (C=O) groups is 1. The molecule has 6 heteroatoms. The molecule has 1 aliphatic carbocycles. The van der Waals surface area contributed by atoms with Gasteiger partial charge >= 0.3 is 0 Å². The zero-order chi connectivity index (χ0) is 22.7. The molecule has 2 aromatic rings. The molecule has 1 N–H and O–H groups in total. The van der Waals surface area contributed by atoms with E-state index in [1.54, 1.807) is 27.4 Å². The maximum atomic E-state index is 13.1. The van der Waals surface area contributed by atoms with Crippen molar-refractivity contribution >= 4 is 5.91 Å². The second kappa shape index (κ2) is 9.41. The monoisotopic (exact) mass is 425 g/mol. The lowest BCUT2D eigenvalue weighted by molar-refractivity contribution is -0.119. The van der Waals surface area contributed by atoms with E-state index in [0.29, 0.717) is 42.4 Å². The van der Waals surface area contributed by atoms with E-state index < -0.39 is 0 Å². The number of amides is 1. The van der Waals surface area contributed by atoms with E-state index in [1.165, 1.54) is 6.92 Å². The molecule has 0 bridgehead atoms. The molecule has 31 heavy (non-hydrogen) atoms. The quantitative estimate of drug-likeness (QED) is 0.756. The van der Waals surface area contributed by atoms with Crippen molar-refractivity contribution in [3.05, 3.63) is 51.2 Å². The third kappa shape index (κ3) is 4.53. The molecule has 0 radical (unpaired) electrons. The molecule has 2 aromatic carbocycles. The van der Waals surface area contributed by atoms with Crippen LogP contribution in [-0.4, -0.2) is 27.2 Å². The second-order valence-corrected chi connectivity index (χ2v) is 8.31. The molecule has 1 amide bonds. The Morgan fingerprint density at radius 2 is 1.81 bits per heavy atom. The lowest BCUT2D eigenvalue weighted by Gasteiger charge is -2.19. The molecule has 0 saturated heterocycles. The van der Waals surface area contributed by atoms with Gasteiger partial charge in [-0.15, -0.1) is 0 Å². The first-order valence-corrected chi connectivity index (χ1v) is 10.6. The number of benzene rings is 1. The Hall–Kier alpha value is -3.02. The Kier molecular flexibility index (Phi) is 6.88. The molecular weight excluding hydrogens is 394 g/mol. The predicted octanol–water partition coefficient (Wildman–Crippen LogP) is 4.06. The summed E-state index contributed by atoms with van der Waals surface area (Å²) in [6.07, 6.45) is 2.02. The van der Waals surface area contributed by atoms with Gasteiger partial charge in [0.1, 0.15) is 0 Å². The number of fused-ring (bicyclic) bond motifs is 3. The summed E-state index contributed by atoms with van der Waals surface area (Å²) in [6.45, 7) is 5.68. The standard InChI is InChI=1S/C25H31NO5/c1-14(2)11-16-7-9-18-19(13-21(16)28)20(26-15(3)27)10-8-17-12-22(29-4)24(30-5)25(31-6)23(17)18/h7,9,12-14,20H,8,10-11H2,1-6H3,(H,26,27)/t20-/m0/s1. The van der Waals surface area contributed by atoms with E-state index in [9.17, 15) is 9.59 Å². The maximum Gasteiger partial charge on any atom is 0.217 e. The number of carbonyl (C=O) groups excluding carboxylic acids is 1. The first kappa shape index (κ1) is 22.7. The van der Waals surface area contributed by atoms with E-state index in [2.05, 4.69) is 19.2 Å². The zero-order valence-corrected chi connectivity index (χ0v) is 19.1. The lowest BCUT2D eigenvalue weighted by atomic mass is 9.95. The van der Waals surface area contributed by atoms with Gasteiger partial charge in [-0.05, 0) is 59.6 Å². The van der Waals surface area contributed by atoms with Gasteiger partial charge in [0, 0.05) is 12.5 Å². The maximum absolute atomic E-state index is 13.1. The minimum atomic E-state index is -0.284. The molecule has 0 heterocycles. The molecule has 1 atom stereocenters. The summed E-state index contributed by atoms with van der Waals surface area (Å²) in [5, 5.41) is 3.03. The molecule has 0 spiro atoms. The molecule has 3 rings (SSSR count). The van der Waals surface area contributed by atoms with Gasteiger partial charge in [0.05, 0.1) is 27.4 Å². The fourth-order valence-electron chi connectivity index (χ4n) is 4.35. The topological polar surface area (TPSA) is 73.9 Å². The fraction of sp³-hybridized carbons (Fsp3) is 0.440. The number of nitrogens with one attached hydrogen (secondary N) is 1. The van der Waals surface area contributed by atoms with E-state index >= 15 is 0 Å². The van der Waals surface area contributed by atoms with Crippen LogP contribution in [0.3, 0.4) is 0 Å². The fourth-order valence-corrected chi connectivity index (χ4v) is 4.35. The van der Waals surface area contributed by atoms with Crippen LogP contribution in [0.15, 0.2) is 29.1 Å². The lowest BCUT2D eigenvalue weighted by Crippen LogP contribution is -2.26. The van der Waals surface area contributed by atoms with Gasteiger partial charge in [0.2, 0.25) is 11.7 Å². The Labute approximate surface area is 183 Å². The molecule has 0 saturated carbocycles. The van der Waals surface area contributed by atoms with Crippen molar-refractivity contribution < 1.29 is 19.0 Å². The van der Waals surface area contributed by atoms with Crippen molar-refractivity contribution in [3.8, 4) is 28.4 Å². The van der Waals surface area contributed by atoms with Gasteiger partial charge in [-0.25, -0.2) is 0 Å². The summed E-state index contributed by atoms with van der Waals surface area (Å²) in [6, 6.07) is 7.22. The summed E-state index contributed by atoms with van der Waals surface area (Å²) < 4.78 is 16.9. The third-order valence-corrected chi connectivity index (χ3v) is 5.63. The first-order valence-electron chi connectivity index (χ1n) is 10.6. The first-order chi connectivity index (χ1) is 14.8. The normalized spacial score (nSPS) is 14.9. The summed E-state index contributed by atoms with van der Waals surface area (Å²) in [7, 11) is 4.77. The van der Waals surface area contributed by atoms with Gasteiger partial charge in [0.15, 0.2) is 16.9 Å². The summed E-state index contributed by atoms with van der Waals surface area (Å²) in [5.41, 5.74) is 4.27. The van der Waals surface area contributed by atoms with E-state index in [1.807, 2.05) is 18.2 Å². The average molecular weight is 426 g/mol. The highest BCUT2D eigenvalue weighted by Gasteiger charge is 2.29.